The van der Waals surface area contributed by atoms with Gasteiger partial charge in [-0.1, -0.05) is 34.1 Å². The molecule has 0 aliphatic heterocycles. The highest BCUT2D eigenvalue weighted by molar-refractivity contribution is 5.94. The Labute approximate surface area is 141 Å². The van der Waals surface area contributed by atoms with Gasteiger partial charge in [0.1, 0.15) is 12.1 Å². The van der Waals surface area contributed by atoms with E-state index in [0.717, 1.165) is 0 Å². The predicted molar refractivity (Wildman–Crippen MR) is 87.6 cm³/mol. The van der Waals surface area contributed by atoms with Gasteiger partial charge in [-0.25, -0.2) is 4.79 Å². The molecule has 9 heteroatoms. The average Bonchev–Trinajstić information content (AvgIpc) is 2.48. The maximum absolute atomic E-state index is 12.3. The van der Waals surface area contributed by atoms with E-state index in [0.29, 0.717) is 6.42 Å². The van der Waals surface area contributed by atoms with Crippen LogP contribution in [0.5, 0.6) is 0 Å². The quantitative estimate of drug-likeness (QED) is 0.339. The summed E-state index contributed by atoms with van der Waals surface area (Å²) in [5.41, 5.74) is 10.9. The van der Waals surface area contributed by atoms with Gasteiger partial charge in [0.25, 0.3) is 0 Å². The number of carboxylic acid groups (broad SMARTS) is 1. The number of rotatable bonds is 10. The molecule has 0 aliphatic carbocycles. The van der Waals surface area contributed by atoms with Gasteiger partial charge in [0.15, 0.2) is 0 Å². The Morgan fingerprint density at radius 3 is 1.96 bits per heavy atom. The van der Waals surface area contributed by atoms with Crippen molar-refractivity contribution in [3.8, 4) is 0 Å². The van der Waals surface area contributed by atoms with Crippen LogP contribution in [0, 0.1) is 11.8 Å². The molecule has 4 unspecified atom stereocenters. The number of hydrogen-bond acceptors (Lipinski definition) is 5. The molecule has 0 aliphatic rings. The molecule has 0 rings (SSSR count). The van der Waals surface area contributed by atoms with Gasteiger partial charge in [0, 0.05) is 0 Å². The summed E-state index contributed by atoms with van der Waals surface area (Å²) in [4.78, 5) is 46.7. The van der Waals surface area contributed by atoms with Crippen molar-refractivity contribution in [1.82, 2.24) is 10.6 Å². The van der Waals surface area contributed by atoms with Gasteiger partial charge in [0.2, 0.25) is 17.7 Å². The number of aliphatic carboxylic acids is 1. The molecule has 0 fully saturated rings. The molecule has 3 amide bonds. The van der Waals surface area contributed by atoms with Crippen LogP contribution in [0.15, 0.2) is 0 Å². The van der Waals surface area contributed by atoms with Crippen LogP contribution < -0.4 is 22.1 Å². The Bertz CT molecular complexity index is 480. The third-order valence-corrected chi connectivity index (χ3v) is 3.83. The van der Waals surface area contributed by atoms with Gasteiger partial charge in [-0.2, -0.15) is 0 Å². The number of carboxylic acids is 1. The molecule has 0 spiro atoms. The normalized spacial score (nSPS) is 15.9. The Kier molecular flexibility index (Phi) is 8.97. The summed E-state index contributed by atoms with van der Waals surface area (Å²) in [5.74, 6) is -3.90. The lowest BCUT2D eigenvalue weighted by Gasteiger charge is -2.24. The summed E-state index contributed by atoms with van der Waals surface area (Å²) in [7, 11) is 0. The summed E-state index contributed by atoms with van der Waals surface area (Å²) in [6, 6.07) is -3.27. The number of carbonyl (C=O) groups is 4. The van der Waals surface area contributed by atoms with Crippen molar-refractivity contribution in [2.24, 2.45) is 23.3 Å². The van der Waals surface area contributed by atoms with E-state index < -0.39 is 48.2 Å². The molecular weight excluding hydrogens is 316 g/mol. The van der Waals surface area contributed by atoms with Crippen molar-refractivity contribution in [3.63, 3.8) is 0 Å². The largest absolute Gasteiger partial charge is 0.480 e. The Balaban J connectivity index is 5.12. The fraction of sp³-hybridized carbons (Fsp3) is 0.733. The first-order chi connectivity index (χ1) is 11.0. The van der Waals surface area contributed by atoms with E-state index in [1.54, 1.807) is 20.8 Å². The Morgan fingerprint density at radius 2 is 1.58 bits per heavy atom. The summed E-state index contributed by atoms with van der Waals surface area (Å²) < 4.78 is 0. The van der Waals surface area contributed by atoms with Gasteiger partial charge in [-0.3, -0.25) is 14.4 Å². The van der Waals surface area contributed by atoms with Crippen LogP contribution in [0.25, 0.3) is 0 Å². The van der Waals surface area contributed by atoms with Gasteiger partial charge in [-0.15, -0.1) is 0 Å². The van der Waals surface area contributed by atoms with Crippen LogP contribution in [0.2, 0.25) is 0 Å². The highest BCUT2D eigenvalue weighted by Gasteiger charge is 2.31. The number of hydrogen-bond donors (Lipinski definition) is 5. The average molecular weight is 344 g/mol. The topological polar surface area (TPSA) is 165 Å². The van der Waals surface area contributed by atoms with E-state index >= 15 is 0 Å². The first-order valence-corrected chi connectivity index (χ1v) is 7.88. The molecule has 24 heavy (non-hydrogen) atoms. The maximum atomic E-state index is 12.3. The van der Waals surface area contributed by atoms with Gasteiger partial charge in [0.05, 0.1) is 12.5 Å². The molecule has 0 bridgehead atoms. The molecule has 0 saturated heterocycles. The second-order valence-electron chi connectivity index (χ2n) is 6.21. The van der Waals surface area contributed by atoms with Crippen molar-refractivity contribution in [2.45, 2.75) is 58.7 Å². The monoisotopic (exact) mass is 344 g/mol. The van der Waals surface area contributed by atoms with Gasteiger partial charge in [-0.05, 0) is 11.8 Å². The molecular formula is C15H28N4O5. The zero-order valence-electron chi connectivity index (χ0n) is 14.5. The minimum atomic E-state index is -1.27. The number of amides is 3. The van der Waals surface area contributed by atoms with E-state index in [4.69, 9.17) is 16.6 Å². The Hall–Kier alpha value is -2.16. The van der Waals surface area contributed by atoms with E-state index in [-0.39, 0.29) is 11.8 Å². The molecule has 0 radical (unpaired) electrons. The van der Waals surface area contributed by atoms with E-state index in [2.05, 4.69) is 10.6 Å². The summed E-state index contributed by atoms with van der Waals surface area (Å²) in [6.45, 7) is 6.90. The molecule has 9 nitrogen and oxygen atoms in total. The van der Waals surface area contributed by atoms with Crippen LogP contribution >= 0.6 is 0 Å². The molecule has 0 heterocycles. The number of nitrogens with one attached hydrogen (secondary N) is 2. The molecule has 0 aromatic carbocycles. The molecule has 0 aromatic rings. The number of carbonyl (C=O) groups excluding carboxylic acids is 3. The molecule has 138 valence electrons. The minimum Gasteiger partial charge on any atom is -0.480 e. The van der Waals surface area contributed by atoms with Gasteiger partial charge < -0.3 is 27.2 Å². The second kappa shape index (κ2) is 9.86. The van der Waals surface area contributed by atoms with E-state index in [9.17, 15) is 19.2 Å². The zero-order chi connectivity index (χ0) is 19.0. The first-order valence-electron chi connectivity index (χ1n) is 7.88. The number of nitrogens with two attached hydrogens (primary N) is 2. The van der Waals surface area contributed by atoms with Crippen LogP contribution in [0.3, 0.4) is 0 Å². The smallest absolute Gasteiger partial charge is 0.326 e. The lowest BCUT2D eigenvalue weighted by atomic mass is 9.98. The van der Waals surface area contributed by atoms with Crippen LogP contribution in [-0.2, 0) is 19.2 Å². The molecule has 0 aromatic heterocycles. The first kappa shape index (κ1) is 21.8. The van der Waals surface area contributed by atoms with Gasteiger partial charge >= 0.3 is 5.97 Å². The van der Waals surface area contributed by atoms with E-state index in [1.165, 1.54) is 0 Å². The van der Waals surface area contributed by atoms with Crippen LogP contribution in [0.1, 0.15) is 40.5 Å². The zero-order valence-corrected chi connectivity index (χ0v) is 14.5. The van der Waals surface area contributed by atoms with Crippen molar-refractivity contribution in [1.29, 1.82) is 0 Å². The highest BCUT2D eigenvalue weighted by Crippen LogP contribution is 2.07. The minimum absolute atomic E-state index is 0.121. The van der Waals surface area contributed by atoms with Crippen LogP contribution in [0.4, 0.5) is 0 Å². The van der Waals surface area contributed by atoms with Crippen molar-refractivity contribution < 1.29 is 24.3 Å². The lowest BCUT2D eigenvalue weighted by molar-refractivity contribution is -0.143. The second-order valence-corrected chi connectivity index (χ2v) is 6.21. The summed E-state index contributed by atoms with van der Waals surface area (Å²) in [5, 5.41) is 13.8. The standard InChI is InChI=1S/C15H28N4O5/c1-5-8(4)11(17)14(22)18-9(6-10(16)20)13(21)19-12(7(2)3)15(23)24/h7-9,11-12H,5-6,17H2,1-4H3,(H2,16,20)(H,18,22)(H,19,21)(H,23,24). The maximum Gasteiger partial charge on any atom is 0.326 e. The lowest BCUT2D eigenvalue weighted by Crippen LogP contribution is -2.57. The highest BCUT2D eigenvalue weighted by atomic mass is 16.4. The SMILES string of the molecule is CCC(C)C(N)C(=O)NC(CC(N)=O)C(=O)NC(C(=O)O)C(C)C. The third kappa shape index (κ3) is 6.95. The van der Waals surface area contributed by atoms with Crippen molar-refractivity contribution >= 4 is 23.7 Å². The van der Waals surface area contributed by atoms with Crippen LogP contribution in [-0.4, -0.2) is 46.9 Å². The Morgan fingerprint density at radius 1 is 1.04 bits per heavy atom. The fourth-order valence-corrected chi connectivity index (χ4v) is 1.96. The molecule has 4 atom stereocenters. The summed E-state index contributed by atoms with van der Waals surface area (Å²) in [6.07, 6.45) is 0.213. The van der Waals surface area contributed by atoms with Crippen molar-refractivity contribution in [2.75, 3.05) is 0 Å². The predicted octanol–water partition coefficient (Wildman–Crippen LogP) is -1.05. The van der Waals surface area contributed by atoms with E-state index in [1.807, 2.05) is 6.92 Å². The molecule has 0 saturated carbocycles. The molecule has 7 N–H and O–H groups in total. The van der Waals surface area contributed by atoms with Crippen molar-refractivity contribution in [3.05, 3.63) is 0 Å². The summed E-state index contributed by atoms with van der Waals surface area (Å²) >= 11 is 0. The third-order valence-electron chi connectivity index (χ3n) is 3.83. The fourth-order valence-electron chi connectivity index (χ4n) is 1.96. The number of primary amides is 1.